The van der Waals surface area contributed by atoms with E-state index >= 15 is 0 Å². The van der Waals surface area contributed by atoms with Crippen molar-refractivity contribution in [1.82, 2.24) is 15.4 Å². The van der Waals surface area contributed by atoms with Crippen LogP contribution in [0.25, 0.3) is 11.0 Å². The third-order valence-electron chi connectivity index (χ3n) is 4.62. The molecule has 0 aliphatic carbocycles. The van der Waals surface area contributed by atoms with E-state index in [1.54, 1.807) is 0 Å². The summed E-state index contributed by atoms with van der Waals surface area (Å²) in [7, 11) is 0. The quantitative estimate of drug-likeness (QED) is 0.833. The highest BCUT2D eigenvalue weighted by Gasteiger charge is 2.22. The van der Waals surface area contributed by atoms with Crippen LogP contribution in [-0.4, -0.2) is 54.9 Å². The third kappa shape index (κ3) is 4.80. The Morgan fingerprint density at radius 3 is 2.80 bits per heavy atom. The van der Waals surface area contributed by atoms with Crippen LogP contribution in [0.5, 0.6) is 0 Å². The summed E-state index contributed by atoms with van der Waals surface area (Å²) < 4.78 is 10.7. The van der Waals surface area contributed by atoms with Crippen LogP contribution in [0.3, 0.4) is 0 Å². The molecule has 25 heavy (non-hydrogen) atoms. The molecule has 1 saturated heterocycles. The highest BCUT2D eigenvalue weighted by molar-refractivity contribution is 5.86. The summed E-state index contributed by atoms with van der Waals surface area (Å²) >= 11 is 0. The van der Waals surface area contributed by atoms with Crippen molar-refractivity contribution in [3.63, 3.8) is 0 Å². The lowest BCUT2D eigenvalue weighted by atomic mass is 10.0. The zero-order valence-corrected chi connectivity index (χ0v) is 15.0. The minimum absolute atomic E-state index is 0.0129. The van der Waals surface area contributed by atoms with Crippen molar-refractivity contribution in [1.29, 1.82) is 0 Å². The molecule has 1 N–H and O–H groups in total. The van der Waals surface area contributed by atoms with E-state index in [-0.39, 0.29) is 12.3 Å². The first-order chi connectivity index (χ1) is 12.1. The zero-order valence-electron chi connectivity index (χ0n) is 15.0. The fourth-order valence-electron chi connectivity index (χ4n) is 3.36. The topological polar surface area (TPSA) is 67.6 Å². The van der Waals surface area contributed by atoms with Gasteiger partial charge in [0.15, 0.2) is 5.58 Å². The maximum atomic E-state index is 12.4. The second kappa shape index (κ2) is 8.45. The van der Waals surface area contributed by atoms with Crippen molar-refractivity contribution < 1.29 is 14.1 Å². The van der Waals surface area contributed by atoms with Gasteiger partial charge in [-0.2, -0.15) is 0 Å². The van der Waals surface area contributed by atoms with Crippen LogP contribution in [0, 0.1) is 5.92 Å². The monoisotopic (exact) mass is 345 g/mol. The molecule has 1 aliphatic rings. The van der Waals surface area contributed by atoms with E-state index < -0.39 is 0 Å². The van der Waals surface area contributed by atoms with Crippen LogP contribution in [0.15, 0.2) is 28.8 Å². The molecule has 1 aromatic heterocycles. The molecule has 1 aliphatic heterocycles. The van der Waals surface area contributed by atoms with Crippen LogP contribution in [0.1, 0.15) is 26.0 Å². The fraction of sp³-hybridized carbons (Fsp3) is 0.579. The minimum Gasteiger partial charge on any atom is -0.379 e. The van der Waals surface area contributed by atoms with E-state index in [0.29, 0.717) is 24.2 Å². The molecule has 0 spiro atoms. The number of hydrogen-bond donors (Lipinski definition) is 1. The molecule has 1 amide bonds. The Labute approximate surface area is 148 Å². The Hall–Kier alpha value is -1.92. The average Bonchev–Trinajstić information content (AvgIpc) is 3.02. The molecular weight excluding hydrogens is 318 g/mol. The number of nitrogens with one attached hydrogen (secondary N) is 1. The van der Waals surface area contributed by atoms with Crippen molar-refractivity contribution in [2.75, 3.05) is 32.8 Å². The van der Waals surface area contributed by atoms with E-state index in [1.807, 2.05) is 24.3 Å². The Balaban J connectivity index is 1.57. The number of aromatic nitrogens is 1. The smallest absolute Gasteiger partial charge is 0.226 e. The number of benzene rings is 1. The number of morpholine rings is 1. The van der Waals surface area contributed by atoms with Crippen LogP contribution in [0.4, 0.5) is 0 Å². The Morgan fingerprint density at radius 2 is 2.04 bits per heavy atom. The van der Waals surface area contributed by atoms with Gasteiger partial charge in [0.25, 0.3) is 0 Å². The summed E-state index contributed by atoms with van der Waals surface area (Å²) in [6.07, 6.45) is 1.31. The summed E-state index contributed by atoms with van der Waals surface area (Å²) in [5.41, 5.74) is 1.41. The SMILES string of the molecule is CC(C)C[C@@H](CNC(=O)Cc1noc2ccccc12)N1CCOCC1. The Morgan fingerprint density at radius 1 is 1.28 bits per heavy atom. The molecule has 6 nitrogen and oxygen atoms in total. The van der Waals surface area contributed by atoms with E-state index in [2.05, 4.69) is 29.2 Å². The van der Waals surface area contributed by atoms with Crippen LogP contribution < -0.4 is 5.32 Å². The first-order valence-corrected chi connectivity index (χ1v) is 9.05. The molecule has 0 radical (unpaired) electrons. The molecule has 1 fully saturated rings. The average molecular weight is 345 g/mol. The van der Waals surface area contributed by atoms with E-state index in [4.69, 9.17) is 9.26 Å². The van der Waals surface area contributed by atoms with E-state index in [0.717, 1.165) is 43.7 Å². The number of carbonyl (C=O) groups excluding carboxylic acids is 1. The largest absolute Gasteiger partial charge is 0.379 e. The van der Waals surface area contributed by atoms with E-state index in [1.165, 1.54) is 0 Å². The van der Waals surface area contributed by atoms with Gasteiger partial charge in [0.05, 0.1) is 19.6 Å². The van der Waals surface area contributed by atoms with Gasteiger partial charge < -0.3 is 14.6 Å². The number of rotatable bonds is 7. The first-order valence-electron chi connectivity index (χ1n) is 9.05. The molecular formula is C19H27N3O3. The highest BCUT2D eigenvalue weighted by atomic mass is 16.5. The summed E-state index contributed by atoms with van der Waals surface area (Å²) in [6.45, 7) is 8.50. The molecule has 2 heterocycles. The zero-order chi connectivity index (χ0) is 17.6. The summed E-state index contributed by atoms with van der Waals surface area (Å²) in [4.78, 5) is 14.8. The van der Waals surface area contributed by atoms with Gasteiger partial charge in [-0.1, -0.05) is 31.1 Å². The van der Waals surface area contributed by atoms with Gasteiger partial charge >= 0.3 is 0 Å². The maximum Gasteiger partial charge on any atom is 0.226 e. The van der Waals surface area contributed by atoms with Crippen molar-refractivity contribution >= 4 is 16.9 Å². The predicted octanol–water partition coefficient (Wildman–Crippen LogP) is 2.23. The Bertz CT molecular complexity index is 692. The molecule has 3 rings (SSSR count). The molecule has 1 aromatic carbocycles. The fourth-order valence-corrected chi connectivity index (χ4v) is 3.36. The molecule has 0 bridgehead atoms. The van der Waals surface area contributed by atoms with Crippen molar-refractivity contribution in [2.45, 2.75) is 32.7 Å². The lowest BCUT2D eigenvalue weighted by molar-refractivity contribution is -0.120. The van der Waals surface area contributed by atoms with Gasteiger partial charge in [-0.25, -0.2) is 0 Å². The number of fused-ring (bicyclic) bond motifs is 1. The van der Waals surface area contributed by atoms with Gasteiger partial charge in [-0.3, -0.25) is 9.69 Å². The molecule has 1 atom stereocenters. The molecule has 136 valence electrons. The molecule has 2 aromatic rings. The Kier molecular flexibility index (Phi) is 6.04. The predicted molar refractivity (Wildman–Crippen MR) is 96.4 cm³/mol. The minimum atomic E-state index is -0.0129. The lowest BCUT2D eigenvalue weighted by Crippen LogP contribution is -2.49. The normalized spacial score (nSPS) is 17.1. The number of hydrogen-bond acceptors (Lipinski definition) is 5. The standard InChI is InChI=1S/C19H27N3O3/c1-14(2)11-15(22-7-9-24-10-8-22)13-20-19(23)12-17-16-5-3-4-6-18(16)25-21-17/h3-6,14-15H,7-13H2,1-2H3,(H,20,23)/t15-/m0/s1. The van der Waals surface area contributed by atoms with Crippen LogP contribution in [0.2, 0.25) is 0 Å². The number of ether oxygens (including phenoxy) is 1. The number of para-hydroxylation sites is 1. The molecule has 0 saturated carbocycles. The lowest BCUT2D eigenvalue weighted by Gasteiger charge is -2.35. The van der Waals surface area contributed by atoms with Crippen LogP contribution >= 0.6 is 0 Å². The first kappa shape index (κ1) is 17.9. The summed E-state index contributed by atoms with van der Waals surface area (Å²) in [6, 6.07) is 7.97. The van der Waals surface area contributed by atoms with Crippen molar-refractivity contribution in [3.05, 3.63) is 30.0 Å². The summed E-state index contributed by atoms with van der Waals surface area (Å²) in [5, 5.41) is 8.03. The second-order valence-corrected chi connectivity index (χ2v) is 7.04. The third-order valence-corrected chi connectivity index (χ3v) is 4.62. The van der Waals surface area contributed by atoms with Crippen molar-refractivity contribution in [3.8, 4) is 0 Å². The summed E-state index contributed by atoms with van der Waals surface area (Å²) in [5.74, 6) is 0.574. The maximum absolute atomic E-state index is 12.4. The molecule has 0 unspecified atom stereocenters. The highest BCUT2D eigenvalue weighted by Crippen LogP contribution is 2.18. The van der Waals surface area contributed by atoms with Gasteiger partial charge in [0.2, 0.25) is 5.91 Å². The van der Waals surface area contributed by atoms with Crippen LogP contribution in [-0.2, 0) is 16.0 Å². The van der Waals surface area contributed by atoms with E-state index in [9.17, 15) is 4.79 Å². The van der Waals surface area contributed by atoms with Gasteiger partial charge in [-0.15, -0.1) is 0 Å². The van der Waals surface area contributed by atoms with Crippen molar-refractivity contribution in [2.24, 2.45) is 5.92 Å². The second-order valence-electron chi connectivity index (χ2n) is 7.04. The number of nitrogens with zero attached hydrogens (tertiary/aromatic N) is 2. The van der Waals surface area contributed by atoms with Gasteiger partial charge in [-0.05, 0) is 24.5 Å². The number of carbonyl (C=O) groups is 1. The van der Waals surface area contributed by atoms with Gasteiger partial charge in [0, 0.05) is 31.1 Å². The number of amides is 1. The molecule has 6 heteroatoms. The van der Waals surface area contributed by atoms with Gasteiger partial charge in [0.1, 0.15) is 5.69 Å².